The molecule has 1 amide bonds. The van der Waals surface area contributed by atoms with Crippen molar-refractivity contribution in [1.82, 2.24) is 15.3 Å². The fourth-order valence-electron chi connectivity index (χ4n) is 1.78. The molecule has 0 radical (unpaired) electrons. The minimum absolute atomic E-state index is 0.218. The Labute approximate surface area is 119 Å². The molecule has 0 aliphatic rings. The number of hydrogen-bond acceptors (Lipinski definition) is 4. The van der Waals surface area contributed by atoms with Gasteiger partial charge in [-0.05, 0) is 17.7 Å². The second kappa shape index (κ2) is 6.56. The van der Waals surface area contributed by atoms with Gasteiger partial charge in [-0.1, -0.05) is 12.1 Å². The first-order chi connectivity index (χ1) is 10.1. The van der Waals surface area contributed by atoms with Crippen LogP contribution in [0.4, 0.5) is 4.39 Å². The number of carboxylic acid groups (broad SMARTS) is 1. The van der Waals surface area contributed by atoms with E-state index in [1.807, 2.05) is 0 Å². The van der Waals surface area contributed by atoms with Crippen molar-refractivity contribution in [2.45, 2.75) is 12.5 Å². The van der Waals surface area contributed by atoms with E-state index in [9.17, 15) is 14.0 Å². The van der Waals surface area contributed by atoms with Crippen LogP contribution >= 0.6 is 0 Å². The maximum Gasteiger partial charge on any atom is 0.305 e. The maximum atomic E-state index is 12.9. The van der Waals surface area contributed by atoms with Crippen LogP contribution < -0.4 is 5.32 Å². The van der Waals surface area contributed by atoms with Gasteiger partial charge in [0.2, 0.25) is 0 Å². The van der Waals surface area contributed by atoms with E-state index in [0.29, 0.717) is 5.56 Å². The van der Waals surface area contributed by atoms with E-state index in [4.69, 9.17) is 5.11 Å². The molecule has 0 aliphatic heterocycles. The summed E-state index contributed by atoms with van der Waals surface area (Å²) in [6, 6.07) is 4.52. The van der Waals surface area contributed by atoms with Crippen molar-refractivity contribution >= 4 is 11.9 Å². The topological polar surface area (TPSA) is 92.2 Å². The second-order valence-corrected chi connectivity index (χ2v) is 4.30. The first-order valence-corrected chi connectivity index (χ1v) is 6.09. The number of benzene rings is 1. The van der Waals surface area contributed by atoms with Crippen LogP contribution in [0.3, 0.4) is 0 Å². The molecular formula is C14H12FN3O3. The van der Waals surface area contributed by atoms with Gasteiger partial charge in [0.05, 0.1) is 18.0 Å². The molecule has 6 nitrogen and oxygen atoms in total. The summed E-state index contributed by atoms with van der Waals surface area (Å²) in [5.74, 6) is -2.00. The minimum atomic E-state index is -1.08. The van der Waals surface area contributed by atoms with Crippen molar-refractivity contribution in [3.8, 4) is 0 Å². The fourth-order valence-corrected chi connectivity index (χ4v) is 1.78. The minimum Gasteiger partial charge on any atom is -0.481 e. The van der Waals surface area contributed by atoms with Gasteiger partial charge in [-0.2, -0.15) is 0 Å². The number of carbonyl (C=O) groups is 2. The number of nitrogens with one attached hydrogen (secondary N) is 1. The molecule has 21 heavy (non-hydrogen) atoms. The number of amides is 1. The lowest BCUT2D eigenvalue weighted by atomic mass is 10.0. The third-order valence-corrected chi connectivity index (χ3v) is 2.78. The van der Waals surface area contributed by atoms with Gasteiger partial charge >= 0.3 is 5.97 Å². The van der Waals surface area contributed by atoms with E-state index in [2.05, 4.69) is 15.3 Å². The molecule has 0 aliphatic carbocycles. The Morgan fingerprint density at radius 3 is 2.38 bits per heavy atom. The lowest BCUT2D eigenvalue weighted by Crippen LogP contribution is -2.30. The quantitative estimate of drug-likeness (QED) is 0.871. The summed E-state index contributed by atoms with van der Waals surface area (Å²) in [6.45, 7) is 0. The fraction of sp³-hybridized carbons (Fsp3) is 0.143. The normalized spacial score (nSPS) is 11.7. The van der Waals surface area contributed by atoms with Gasteiger partial charge in [-0.25, -0.2) is 14.4 Å². The molecular weight excluding hydrogens is 277 g/mol. The van der Waals surface area contributed by atoms with Crippen LogP contribution in [0, 0.1) is 5.82 Å². The highest BCUT2D eigenvalue weighted by molar-refractivity contribution is 5.94. The standard InChI is InChI=1S/C14H12FN3O3/c15-11-3-1-9(2-4-11)12(5-13(19)20)18-14(21)10-6-16-8-17-7-10/h1-4,6-8,12H,5H2,(H,18,21)(H,19,20). The highest BCUT2D eigenvalue weighted by Gasteiger charge is 2.19. The molecule has 108 valence electrons. The van der Waals surface area contributed by atoms with Crippen molar-refractivity contribution in [1.29, 1.82) is 0 Å². The van der Waals surface area contributed by atoms with Crippen LogP contribution in [0.1, 0.15) is 28.4 Å². The lowest BCUT2D eigenvalue weighted by molar-refractivity contribution is -0.137. The van der Waals surface area contributed by atoms with Crippen LogP contribution in [-0.2, 0) is 4.79 Å². The van der Waals surface area contributed by atoms with Crippen molar-refractivity contribution in [2.24, 2.45) is 0 Å². The molecule has 0 spiro atoms. The smallest absolute Gasteiger partial charge is 0.305 e. The average molecular weight is 289 g/mol. The molecule has 0 bridgehead atoms. The molecule has 2 rings (SSSR count). The molecule has 1 unspecified atom stereocenters. The molecule has 2 aromatic rings. The van der Waals surface area contributed by atoms with Crippen LogP contribution in [0.25, 0.3) is 0 Å². The number of carbonyl (C=O) groups excluding carboxylic acids is 1. The zero-order valence-electron chi connectivity index (χ0n) is 10.9. The monoisotopic (exact) mass is 289 g/mol. The van der Waals surface area contributed by atoms with Crippen molar-refractivity contribution < 1.29 is 19.1 Å². The number of halogens is 1. The first-order valence-electron chi connectivity index (χ1n) is 6.09. The summed E-state index contributed by atoms with van der Waals surface area (Å²) in [6.07, 6.45) is 3.62. The van der Waals surface area contributed by atoms with Crippen molar-refractivity contribution in [3.63, 3.8) is 0 Å². The van der Waals surface area contributed by atoms with E-state index >= 15 is 0 Å². The Bertz CT molecular complexity index is 632. The van der Waals surface area contributed by atoms with E-state index in [0.717, 1.165) is 0 Å². The summed E-state index contributed by atoms with van der Waals surface area (Å²) in [5.41, 5.74) is 0.721. The Morgan fingerprint density at radius 1 is 1.19 bits per heavy atom. The summed E-state index contributed by atoms with van der Waals surface area (Å²) >= 11 is 0. The second-order valence-electron chi connectivity index (χ2n) is 4.30. The van der Waals surface area contributed by atoms with Gasteiger partial charge in [-0.3, -0.25) is 9.59 Å². The van der Waals surface area contributed by atoms with Crippen LogP contribution in [0.2, 0.25) is 0 Å². The summed E-state index contributed by atoms with van der Waals surface area (Å²) in [7, 11) is 0. The summed E-state index contributed by atoms with van der Waals surface area (Å²) < 4.78 is 12.9. The zero-order chi connectivity index (χ0) is 15.2. The number of aliphatic carboxylic acids is 1. The van der Waals surface area contributed by atoms with E-state index in [1.54, 1.807) is 0 Å². The molecule has 7 heteroatoms. The summed E-state index contributed by atoms with van der Waals surface area (Å²) in [4.78, 5) is 30.4. The van der Waals surface area contributed by atoms with Gasteiger partial charge in [-0.15, -0.1) is 0 Å². The van der Waals surface area contributed by atoms with E-state index in [-0.39, 0.29) is 12.0 Å². The van der Waals surface area contributed by atoms with Crippen LogP contribution in [0.15, 0.2) is 43.0 Å². The van der Waals surface area contributed by atoms with Crippen LogP contribution in [-0.4, -0.2) is 27.0 Å². The highest BCUT2D eigenvalue weighted by Crippen LogP contribution is 2.18. The highest BCUT2D eigenvalue weighted by atomic mass is 19.1. The first kappa shape index (κ1) is 14.6. The number of rotatable bonds is 5. The van der Waals surface area contributed by atoms with Gasteiger partial charge in [0.25, 0.3) is 5.91 Å². The SMILES string of the molecule is O=C(O)CC(NC(=O)c1cncnc1)c1ccc(F)cc1. The predicted octanol–water partition coefficient (Wildman–Crippen LogP) is 1.56. The third-order valence-electron chi connectivity index (χ3n) is 2.78. The molecule has 1 atom stereocenters. The number of carboxylic acids is 1. The average Bonchev–Trinajstić information content (AvgIpc) is 2.48. The molecule has 1 heterocycles. The van der Waals surface area contributed by atoms with Gasteiger partial charge < -0.3 is 10.4 Å². The zero-order valence-corrected chi connectivity index (χ0v) is 10.9. The Hall–Kier alpha value is -2.83. The molecule has 2 N–H and O–H groups in total. The Balaban J connectivity index is 2.18. The van der Waals surface area contributed by atoms with Gasteiger partial charge in [0.1, 0.15) is 12.1 Å². The Morgan fingerprint density at radius 2 is 1.81 bits per heavy atom. The van der Waals surface area contributed by atoms with Crippen molar-refractivity contribution in [3.05, 3.63) is 59.9 Å². The third kappa shape index (κ3) is 4.07. The number of nitrogens with zero attached hydrogens (tertiary/aromatic N) is 2. The maximum absolute atomic E-state index is 12.9. The van der Waals surface area contributed by atoms with Crippen LogP contribution in [0.5, 0.6) is 0 Å². The molecule has 0 fully saturated rings. The number of aromatic nitrogens is 2. The predicted molar refractivity (Wildman–Crippen MR) is 70.9 cm³/mol. The van der Waals surface area contributed by atoms with Gasteiger partial charge in [0, 0.05) is 12.4 Å². The molecule has 1 aromatic heterocycles. The molecule has 1 aromatic carbocycles. The largest absolute Gasteiger partial charge is 0.481 e. The van der Waals surface area contributed by atoms with Gasteiger partial charge in [0.15, 0.2) is 0 Å². The van der Waals surface area contributed by atoms with E-state index in [1.165, 1.54) is 43.0 Å². The lowest BCUT2D eigenvalue weighted by Gasteiger charge is -2.17. The number of hydrogen-bond donors (Lipinski definition) is 2. The summed E-state index contributed by atoms with van der Waals surface area (Å²) in [5, 5.41) is 11.5. The van der Waals surface area contributed by atoms with E-state index < -0.39 is 23.7 Å². The van der Waals surface area contributed by atoms with Crippen molar-refractivity contribution in [2.75, 3.05) is 0 Å². The molecule has 0 saturated carbocycles. The Kier molecular flexibility index (Phi) is 4.55. The molecule has 0 saturated heterocycles.